The summed E-state index contributed by atoms with van der Waals surface area (Å²) in [7, 11) is 0. The lowest BCUT2D eigenvalue weighted by Crippen LogP contribution is -2.21. The normalized spacial score (nSPS) is 9.94. The number of rotatable bonds is 4. The van der Waals surface area contributed by atoms with Crippen molar-refractivity contribution in [3.8, 4) is 0 Å². The molecule has 0 spiro atoms. The summed E-state index contributed by atoms with van der Waals surface area (Å²) in [6, 6.07) is 4.38. The summed E-state index contributed by atoms with van der Waals surface area (Å²) in [5.41, 5.74) is 1.65. The summed E-state index contributed by atoms with van der Waals surface area (Å²) in [6.07, 6.45) is 0.428. The highest BCUT2D eigenvalue weighted by molar-refractivity contribution is 6.29. The van der Waals surface area contributed by atoms with Crippen LogP contribution in [0.25, 0.3) is 0 Å². The Hall–Kier alpha value is -1.91. The predicted octanol–water partition coefficient (Wildman–Crippen LogP) is 1.78. The van der Waals surface area contributed by atoms with E-state index >= 15 is 0 Å². The Bertz CT molecular complexity index is 443. The molecule has 0 saturated carbocycles. The second kappa shape index (κ2) is 6.74. The Labute approximate surface area is 105 Å². The molecule has 0 amide bonds. The van der Waals surface area contributed by atoms with Crippen molar-refractivity contribution in [1.82, 2.24) is 0 Å². The number of ether oxygens (including phenoxy) is 2. The molecular formula is C13H15FO4. The Morgan fingerprint density at radius 3 is 2.50 bits per heavy atom. The van der Waals surface area contributed by atoms with Crippen LogP contribution >= 0.6 is 0 Å². The molecule has 18 heavy (non-hydrogen) atoms. The SMILES string of the molecule is CCOC(=O)C(=O)OCCc1ccc(F)cc1C. The smallest absolute Gasteiger partial charge is 0.417 e. The van der Waals surface area contributed by atoms with E-state index in [1.54, 1.807) is 19.9 Å². The summed E-state index contributed by atoms with van der Waals surface area (Å²) in [4.78, 5) is 22.1. The van der Waals surface area contributed by atoms with Gasteiger partial charge in [-0.3, -0.25) is 0 Å². The number of halogens is 1. The van der Waals surface area contributed by atoms with E-state index in [1.165, 1.54) is 12.1 Å². The number of benzene rings is 1. The van der Waals surface area contributed by atoms with Gasteiger partial charge in [0.25, 0.3) is 0 Å². The molecule has 1 rings (SSSR count). The first-order chi connectivity index (χ1) is 8.54. The number of esters is 2. The summed E-state index contributed by atoms with van der Waals surface area (Å²) < 4.78 is 22.1. The fourth-order valence-corrected chi connectivity index (χ4v) is 1.44. The van der Waals surface area contributed by atoms with E-state index in [0.29, 0.717) is 6.42 Å². The summed E-state index contributed by atoms with van der Waals surface area (Å²) in [6.45, 7) is 3.56. The molecule has 1 aromatic rings. The Morgan fingerprint density at radius 2 is 1.89 bits per heavy atom. The summed E-state index contributed by atoms with van der Waals surface area (Å²) in [5.74, 6) is -2.30. The third-order valence-electron chi connectivity index (χ3n) is 2.35. The minimum atomic E-state index is -1.00. The van der Waals surface area contributed by atoms with Crippen LogP contribution < -0.4 is 0 Å². The van der Waals surface area contributed by atoms with Crippen molar-refractivity contribution < 1.29 is 23.5 Å². The molecule has 0 heterocycles. The molecule has 4 nitrogen and oxygen atoms in total. The first kappa shape index (κ1) is 14.2. The number of carbonyl (C=O) groups is 2. The van der Waals surface area contributed by atoms with Gasteiger partial charge in [0.1, 0.15) is 5.82 Å². The topological polar surface area (TPSA) is 52.6 Å². The van der Waals surface area contributed by atoms with Gasteiger partial charge in [0, 0.05) is 6.42 Å². The molecule has 0 bridgehead atoms. The number of carbonyl (C=O) groups excluding carboxylic acids is 2. The fourth-order valence-electron chi connectivity index (χ4n) is 1.44. The molecular weight excluding hydrogens is 239 g/mol. The number of aryl methyl sites for hydroxylation is 1. The maximum Gasteiger partial charge on any atom is 0.417 e. The van der Waals surface area contributed by atoms with Gasteiger partial charge in [-0.05, 0) is 37.1 Å². The number of hydrogen-bond donors (Lipinski definition) is 0. The van der Waals surface area contributed by atoms with E-state index in [-0.39, 0.29) is 19.0 Å². The average Bonchev–Trinajstić information content (AvgIpc) is 2.32. The lowest BCUT2D eigenvalue weighted by Gasteiger charge is -2.06. The van der Waals surface area contributed by atoms with Gasteiger partial charge >= 0.3 is 11.9 Å². The Kier molecular flexibility index (Phi) is 5.30. The number of hydrogen-bond acceptors (Lipinski definition) is 4. The van der Waals surface area contributed by atoms with Gasteiger partial charge in [0.2, 0.25) is 0 Å². The molecule has 0 unspecified atom stereocenters. The first-order valence-electron chi connectivity index (χ1n) is 5.63. The van der Waals surface area contributed by atoms with Crippen LogP contribution in [0.15, 0.2) is 18.2 Å². The van der Waals surface area contributed by atoms with E-state index in [4.69, 9.17) is 4.74 Å². The van der Waals surface area contributed by atoms with Crippen molar-refractivity contribution in [2.45, 2.75) is 20.3 Å². The van der Waals surface area contributed by atoms with E-state index in [1.807, 2.05) is 0 Å². The van der Waals surface area contributed by atoms with Crippen LogP contribution in [-0.2, 0) is 25.5 Å². The zero-order chi connectivity index (χ0) is 13.5. The van der Waals surface area contributed by atoms with Crippen LogP contribution in [0, 0.1) is 12.7 Å². The first-order valence-corrected chi connectivity index (χ1v) is 5.63. The standard InChI is InChI=1S/C13H15FO4/c1-3-17-12(15)13(16)18-7-6-10-4-5-11(14)8-9(10)2/h4-5,8H,3,6-7H2,1-2H3. The van der Waals surface area contributed by atoms with E-state index in [0.717, 1.165) is 11.1 Å². The molecule has 0 aliphatic rings. The van der Waals surface area contributed by atoms with Gasteiger partial charge in [-0.1, -0.05) is 6.07 Å². The van der Waals surface area contributed by atoms with Gasteiger partial charge in [-0.15, -0.1) is 0 Å². The second-order valence-corrected chi connectivity index (χ2v) is 3.68. The molecule has 0 N–H and O–H groups in total. The highest BCUT2D eigenvalue weighted by Crippen LogP contribution is 2.10. The van der Waals surface area contributed by atoms with Crippen molar-refractivity contribution in [2.24, 2.45) is 0 Å². The maximum absolute atomic E-state index is 12.8. The van der Waals surface area contributed by atoms with Crippen molar-refractivity contribution >= 4 is 11.9 Å². The van der Waals surface area contributed by atoms with Crippen LogP contribution in [0.3, 0.4) is 0 Å². The van der Waals surface area contributed by atoms with Crippen molar-refractivity contribution in [2.75, 3.05) is 13.2 Å². The molecule has 0 fully saturated rings. The minimum absolute atomic E-state index is 0.0596. The third-order valence-corrected chi connectivity index (χ3v) is 2.35. The summed E-state index contributed by atoms with van der Waals surface area (Å²) in [5, 5.41) is 0. The van der Waals surface area contributed by atoms with Crippen molar-refractivity contribution in [1.29, 1.82) is 0 Å². The van der Waals surface area contributed by atoms with Crippen LogP contribution in [-0.4, -0.2) is 25.2 Å². The minimum Gasteiger partial charge on any atom is -0.458 e. The lowest BCUT2D eigenvalue weighted by molar-refractivity contribution is -0.167. The molecule has 98 valence electrons. The molecule has 0 aliphatic heterocycles. The van der Waals surface area contributed by atoms with Crippen LogP contribution in [0.4, 0.5) is 4.39 Å². The van der Waals surface area contributed by atoms with Gasteiger partial charge in [-0.25, -0.2) is 14.0 Å². The predicted molar refractivity (Wildman–Crippen MR) is 62.4 cm³/mol. The van der Waals surface area contributed by atoms with E-state index in [9.17, 15) is 14.0 Å². The quantitative estimate of drug-likeness (QED) is 0.607. The van der Waals surface area contributed by atoms with Gasteiger partial charge < -0.3 is 9.47 Å². The Balaban J connectivity index is 2.42. The highest BCUT2D eigenvalue weighted by Gasteiger charge is 2.16. The van der Waals surface area contributed by atoms with Crippen LogP contribution in [0.5, 0.6) is 0 Å². The molecule has 0 saturated heterocycles. The lowest BCUT2D eigenvalue weighted by atomic mass is 10.1. The molecule has 1 aromatic carbocycles. The monoisotopic (exact) mass is 254 g/mol. The largest absolute Gasteiger partial charge is 0.458 e. The summed E-state index contributed by atoms with van der Waals surface area (Å²) >= 11 is 0. The van der Waals surface area contributed by atoms with Crippen LogP contribution in [0.1, 0.15) is 18.1 Å². The van der Waals surface area contributed by atoms with Crippen molar-refractivity contribution in [3.63, 3.8) is 0 Å². The highest BCUT2D eigenvalue weighted by atomic mass is 19.1. The Morgan fingerprint density at radius 1 is 1.22 bits per heavy atom. The van der Waals surface area contributed by atoms with Crippen molar-refractivity contribution in [3.05, 3.63) is 35.1 Å². The van der Waals surface area contributed by atoms with E-state index in [2.05, 4.69) is 4.74 Å². The maximum atomic E-state index is 12.8. The fraction of sp³-hybridized carbons (Fsp3) is 0.385. The van der Waals surface area contributed by atoms with Gasteiger partial charge in [0.15, 0.2) is 0 Å². The average molecular weight is 254 g/mol. The van der Waals surface area contributed by atoms with Gasteiger partial charge in [-0.2, -0.15) is 0 Å². The zero-order valence-electron chi connectivity index (χ0n) is 10.4. The zero-order valence-corrected chi connectivity index (χ0v) is 10.4. The molecule has 5 heteroatoms. The molecule has 0 aromatic heterocycles. The van der Waals surface area contributed by atoms with Gasteiger partial charge in [0.05, 0.1) is 13.2 Å². The molecule has 0 atom stereocenters. The molecule has 0 radical (unpaired) electrons. The van der Waals surface area contributed by atoms with E-state index < -0.39 is 11.9 Å². The van der Waals surface area contributed by atoms with Crippen LogP contribution in [0.2, 0.25) is 0 Å². The second-order valence-electron chi connectivity index (χ2n) is 3.68. The third kappa shape index (κ3) is 4.16. The molecule has 0 aliphatic carbocycles.